The molecule has 4 heteroatoms. The van der Waals surface area contributed by atoms with Crippen molar-refractivity contribution in [3.8, 4) is 0 Å². The van der Waals surface area contributed by atoms with Gasteiger partial charge in [0.05, 0.1) is 10.0 Å². The Balaban J connectivity index is 1.91. The van der Waals surface area contributed by atoms with Crippen LogP contribution >= 0.6 is 23.2 Å². The first-order valence-corrected chi connectivity index (χ1v) is 6.98. The van der Waals surface area contributed by atoms with Gasteiger partial charge in [0.25, 0.3) is 0 Å². The zero-order valence-corrected chi connectivity index (χ0v) is 12.0. The molecule has 1 fully saturated rings. The zero-order chi connectivity index (χ0) is 13.1. The lowest BCUT2D eigenvalue weighted by Crippen LogP contribution is -2.35. The molecule has 0 saturated carbocycles. The van der Waals surface area contributed by atoms with Gasteiger partial charge in [0.1, 0.15) is 5.78 Å². The van der Waals surface area contributed by atoms with Crippen molar-refractivity contribution >= 4 is 29.0 Å². The maximum Gasteiger partial charge on any atom is 0.133 e. The van der Waals surface area contributed by atoms with E-state index >= 15 is 0 Å². The lowest BCUT2D eigenvalue weighted by Gasteiger charge is -2.30. The van der Waals surface area contributed by atoms with Gasteiger partial charge in [-0.25, -0.2) is 0 Å². The Labute approximate surface area is 118 Å². The number of ketones is 1. The van der Waals surface area contributed by atoms with Crippen molar-refractivity contribution in [2.45, 2.75) is 26.3 Å². The fraction of sp³-hybridized carbons (Fsp3) is 0.500. The molecular weight excluding hydrogens is 269 g/mol. The van der Waals surface area contributed by atoms with E-state index in [0.29, 0.717) is 15.8 Å². The van der Waals surface area contributed by atoms with Crippen molar-refractivity contribution in [3.05, 3.63) is 33.8 Å². The molecule has 1 heterocycles. The van der Waals surface area contributed by atoms with E-state index in [0.717, 1.165) is 32.5 Å². The van der Waals surface area contributed by atoms with Crippen molar-refractivity contribution in [1.82, 2.24) is 4.90 Å². The largest absolute Gasteiger partial charge is 0.300 e. The zero-order valence-electron chi connectivity index (χ0n) is 10.5. The molecule has 0 aromatic heterocycles. The van der Waals surface area contributed by atoms with Crippen molar-refractivity contribution < 1.29 is 4.79 Å². The van der Waals surface area contributed by atoms with E-state index in [9.17, 15) is 4.79 Å². The summed E-state index contributed by atoms with van der Waals surface area (Å²) in [6.45, 7) is 4.52. The lowest BCUT2D eigenvalue weighted by molar-refractivity contribution is -0.122. The third-order valence-electron chi connectivity index (χ3n) is 3.55. The SMILES string of the molecule is CC(=O)C1CCN(Cc2ccc(Cl)c(Cl)c2)CC1. The van der Waals surface area contributed by atoms with Crippen LogP contribution in [0.3, 0.4) is 0 Å². The van der Waals surface area contributed by atoms with Gasteiger partial charge >= 0.3 is 0 Å². The number of hydrogen-bond donors (Lipinski definition) is 0. The van der Waals surface area contributed by atoms with Gasteiger partial charge < -0.3 is 0 Å². The third-order valence-corrected chi connectivity index (χ3v) is 4.29. The molecule has 1 aliphatic rings. The highest BCUT2D eigenvalue weighted by Crippen LogP contribution is 2.25. The fourth-order valence-electron chi connectivity index (χ4n) is 2.39. The van der Waals surface area contributed by atoms with Crippen LogP contribution in [0.5, 0.6) is 0 Å². The summed E-state index contributed by atoms with van der Waals surface area (Å²) in [5, 5.41) is 1.20. The number of halogens is 2. The summed E-state index contributed by atoms with van der Waals surface area (Å²) in [5.41, 5.74) is 1.17. The van der Waals surface area contributed by atoms with Crippen molar-refractivity contribution in [2.75, 3.05) is 13.1 Å². The summed E-state index contributed by atoms with van der Waals surface area (Å²) in [4.78, 5) is 13.7. The Morgan fingerprint density at radius 2 is 1.94 bits per heavy atom. The van der Waals surface area contributed by atoms with Gasteiger partial charge in [-0.2, -0.15) is 0 Å². The second-order valence-corrected chi connectivity index (χ2v) is 5.72. The number of carbonyl (C=O) groups is 1. The average Bonchev–Trinajstić information content (AvgIpc) is 2.34. The van der Waals surface area contributed by atoms with E-state index in [1.807, 2.05) is 18.2 Å². The van der Waals surface area contributed by atoms with Crippen LogP contribution in [0, 0.1) is 5.92 Å². The Hall–Kier alpha value is -0.570. The second kappa shape index (κ2) is 6.05. The summed E-state index contributed by atoms with van der Waals surface area (Å²) >= 11 is 11.9. The molecule has 0 aliphatic carbocycles. The number of likely N-dealkylation sites (tertiary alicyclic amines) is 1. The van der Waals surface area contributed by atoms with Crippen LogP contribution in [0.15, 0.2) is 18.2 Å². The first kappa shape index (κ1) is 13.9. The molecular formula is C14H17Cl2NO. The van der Waals surface area contributed by atoms with Gasteiger partial charge in [0.2, 0.25) is 0 Å². The van der Waals surface area contributed by atoms with E-state index in [1.54, 1.807) is 6.92 Å². The minimum Gasteiger partial charge on any atom is -0.300 e. The molecule has 0 radical (unpaired) electrons. The number of benzene rings is 1. The molecule has 0 spiro atoms. The number of carbonyl (C=O) groups excluding carboxylic acids is 1. The molecule has 1 aromatic carbocycles. The van der Waals surface area contributed by atoms with Crippen LogP contribution in [0.25, 0.3) is 0 Å². The standard InChI is InChI=1S/C14H17Cl2NO/c1-10(18)12-4-6-17(7-5-12)9-11-2-3-13(15)14(16)8-11/h2-3,8,12H,4-7,9H2,1H3. The van der Waals surface area contributed by atoms with Crippen molar-refractivity contribution in [3.63, 3.8) is 0 Å². The Morgan fingerprint density at radius 3 is 2.50 bits per heavy atom. The van der Waals surface area contributed by atoms with Crippen molar-refractivity contribution in [2.24, 2.45) is 5.92 Å². The summed E-state index contributed by atoms with van der Waals surface area (Å²) in [7, 11) is 0. The predicted molar refractivity (Wildman–Crippen MR) is 75.1 cm³/mol. The molecule has 0 N–H and O–H groups in total. The Bertz CT molecular complexity index is 439. The normalized spacial score (nSPS) is 17.9. The highest BCUT2D eigenvalue weighted by Gasteiger charge is 2.22. The van der Waals surface area contributed by atoms with Gasteiger partial charge in [-0.1, -0.05) is 29.3 Å². The van der Waals surface area contributed by atoms with Gasteiger partial charge in [0.15, 0.2) is 0 Å². The number of nitrogens with zero attached hydrogens (tertiary/aromatic N) is 1. The summed E-state index contributed by atoms with van der Waals surface area (Å²) in [6, 6.07) is 5.76. The number of piperidine rings is 1. The van der Waals surface area contributed by atoms with Crippen LogP contribution < -0.4 is 0 Å². The van der Waals surface area contributed by atoms with E-state index in [1.165, 1.54) is 5.56 Å². The molecule has 98 valence electrons. The highest BCUT2D eigenvalue weighted by molar-refractivity contribution is 6.42. The molecule has 2 rings (SSSR count). The quantitative estimate of drug-likeness (QED) is 0.842. The molecule has 1 aromatic rings. The molecule has 0 bridgehead atoms. The van der Waals surface area contributed by atoms with Gasteiger partial charge in [-0.3, -0.25) is 9.69 Å². The van der Waals surface area contributed by atoms with E-state index in [-0.39, 0.29) is 5.92 Å². The molecule has 2 nitrogen and oxygen atoms in total. The molecule has 0 unspecified atom stereocenters. The maximum absolute atomic E-state index is 11.3. The fourth-order valence-corrected chi connectivity index (χ4v) is 2.71. The van der Waals surface area contributed by atoms with Gasteiger partial charge in [-0.15, -0.1) is 0 Å². The number of Topliss-reactive ketones (excluding diaryl/α,β-unsaturated/α-hetero) is 1. The van der Waals surface area contributed by atoms with Crippen LogP contribution in [0.2, 0.25) is 10.0 Å². The van der Waals surface area contributed by atoms with Gasteiger partial charge in [0, 0.05) is 12.5 Å². The van der Waals surface area contributed by atoms with E-state index in [4.69, 9.17) is 23.2 Å². The highest BCUT2D eigenvalue weighted by atomic mass is 35.5. The molecule has 1 saturated heterocycles. The third kappa shape index (κ3) is 3.47. The minimum absolute atomic E-state index is 0.259. The van der Waals surface area contributed by atoms with Crippen LogP contribution in [0.4, 0.5) is 0 Å². The van der Waals surface area contributed by atoms with Crippen LogP contribution in [-0.2, 0) is 11.3 Å². The summed E-state index contributed by atoms with van der Waals surface area (Å²) < 4.78 is 0. The smallest absolute Gasteiger partial charge is 0.133 e. The minimum atomic E-state index is 0.259. The Kier molecular flexibility index (Phi) is 4.66. The number of hydrogen-bond acceptors (Lipinski definition) is 2. The number of rotatable bonds is 3. The monoisotopic (exact) mass is 285 g/mol. The molecule has 18 heavy (non-hydrogen) atoms. The summed E-state index contributed by atoms with van der Waals surface area (Å²) in [6.07, 6.45) is 1.94. The Morgan fingerprint density at radius 1 is 1.28 bits per heavy atom. The average molecular weight is 286 g/mol. The summed E-state index contributed by atoms with van der Waals surface area (Å²) in [5.74, 6) is 0.583. The van der Waals surface area contributed by atoms with Gasteiger partial charge in [-0.05, 0) is 50.6 Å². The second-order valence-electron chi connectivity index (χ2n) is 4.91. The molecule has 0 amide bonds. The first-order valence-electron chi connectivity index (χ1n) is 6.23. The van der Waals surface area contributed by atoms with E-state index < -0.39 is 0 Å². The van der Waals surface area contributed by atoms with Crippen LogP contribution in [-0.4, -0.2) is 23.8 Å². The maximum atomic E-state index is 11.3. The lowest BCUT2D eigenvalue weighted by atomic mass is 9.93. The van der Waals surface area contributed by atoms with Crippen molar-refractivity contribution in [1.29, 1.82) is 0 Å². The van der Waals surface area contributed by atoms with E-state index in [2.05, 4.69) is 4.90 Å². The first-order chi connectivity index (χ1) is 8.56. The predicted octanol–water partition coefficient (Wildman–Crippen LogP) is 3.79. The van der Waals surface area contributed by atoms with Crippen LogP contribution in [0.1, 0.15) is 25.3 Å². The topological polar surface area (TPSA) is 20.3 Å². The molecule has 1 aliphatic heterocycles. The molecule has 0 atom stereocenters.